The molecule has 2 atom stereocenters. The molecular formula is C10H14O5. The van der Waals surface area contributed by atoms with E-state index in [2.05, 4.69) is 26.3 Å². The van der Waals surface area contributed by atoms with Gasteiger partial charge in [-0.25, -0.2) is 0 Å². The van der Waals surface area contributed by atoms with Crippen LogP contribution in [0.4, 0.5) is 0 Å². The summed E-state index contributed by atoms with van der Waals surface area (Å²) in [5, 5.41) is 36.0. The van der Waals surface area contributed by atoms with E-state index in [0.29, 0.717) is 0 Å². The topological polar surface area (TPSA) is 90.2 Å². The van der Waals surface area contributed by atoms with Gasteiger partial charge in [0.1, 0.15) is 23.0 Å². The van der Waals surface area contributed by atoms with Crippen LogP contribution in [0.1, 0.15) is 0 Å². The van der Waals surface area contributed by atoms with E-state index in [-0.39, 0.29) is 11.5 Å². The first-order chi connectivity index (χ1) is 6.77. The molecule has 15 heavy (non-hydrogen) atoms. The van der Waals surface area contributed by atoms with Crippen LogP contribution in [0.25, 0.3) is 0 Å². The Balaban J connectivity index is 4.37. The number of ether oxygens (including phenoxy) is 1. The monoisotopic (exact) mass is 214 g/mol. The van der Waals surface area contributed by atoms with Gasteiger partial charge in [0.15, 0.2) is 12.2 Å². The third-order valence-corrected chi connectivity index (χ3v) is 1.50. The minimum absolute atomic E-state index is 0.271. The molecule has 0 radical (unpaired) electrons. The normalized spacial score (nSPS) is 13.7. The molecule has 0 fully saturated rings. The molecule has 0 aromatic heterocycles. The summed E-state index contributed by atoms with van der Waals surface area (Å²) < 4.78 is 4.77. The number of hydrogen-bond acceptors (Lipinski definition) is 5. The maximum atomic E-state index is 9.18. The van der Waals surface area contributed by atoms with Crippen molar-refractivity contribution in [1.29, 1.82) is 0 Å². The van der Waals surface area contributed by atoms with Crippen LogP contribution in [0.3, 0.4) is 0 Å². The molecule has 0 heterocycles. The minimum atomic E-state index is -1.49. The Bertz CT molecular complexity index is 275. The van der Waals surface area contributed by atoms with Crippen molar-refractivity contribution in [2.75, 3.05) is 0 Å². The third kappa shape index (κ3) is 3.88. The Kier molecular flexibility index (Phi) is 4.63. The molecule has 0 amide bonds. The smallest absolute Gasteiger partial charge is 0.167 e. The molecule has 0 saturated heterocycles. The van der Waals surface area contributed by atoms with Gasteiger partial charge >= 0.3 is 0 Å². The molecule has 0 aliphatic rings. The number of aliphatic hydroxyl groups excluding tert-OH is 4. The largest absolute Gasteiger partial charge is 0.510 e. The van der Waals surface area contributed by atoms with Crippen LogP contribution in [0.15, 0.2) is 49.4 Å². The first kappa shape index (κ1) is 13.3. The second kappa shape index (κ2) is 5.23. The molecule has 5 heteroatoms. The number of rotatable bonds is 6. The molecule has 0 spiro atoms. The van der Waals surface area contributed by atoms with Gasteiger partial charge in [0.2, 0.25) is 0 Å². The van der Waals surface area contributed by atoms with Gasteiger partial charge in [0, 0.05) is 0 Å². The fraction of sp³-hybridized carbons (Fsp3) is 0.200. The zero-order valence-corrected chi connectivity index (χ0v) is 8.18. The van der Waals surface area contributed by atoms with Crippen LogP contribution < -0.4 is 0 Å². The third-order valence-electron chi connectivity index (χ3n) is 1.50. The average molecular weight is 214 g/mol. The van der Waals surface area contributed by atoms with E-state index in [1.807, 2.05) is 0 Å². The van der Waals surface area contributed by atoms with E-state index < -0.39 is 23.7 Å². The van der Waals surface area contributed by atoms with Crippen LogP contribution in [-0.4, -0.2) is 32.6 Å². The van der Waals surface area contributed by atoms with E-state index in [0.717, 1.165) is 0 Å². The van der Waals surface area contributed by atoms with E-state index in [4.69, 9.17) is 14.9 Å². The average Bonchev–Trinajstić information content (AvgIpc) is 2.14. The van der Waals surface area contributed by atoms with Gasteiger partial charge in [0.05, 0.1) is 0 Å². The van der Waals surface area contributed by atoms with Crippen LogP contribution in [0.5, 0.6) is 0 Å². The van der Waals surface area contributed by atoms with Crippen molar-refractivity contribution in [3.63, 3.8) is 0 Å². The van der Waals surface area contributed by atoms with Crippen LogP contribution in [0.2, 0.25) is 0 Å². The molecule has 84 valence electrons. The van der Waals surface area contributed by atoms with Crippen LogP contribution in [0, 0.1) is 0 Å². The predicted molar refractivity (Wildman–Crippen MR) is 54.9 cm³/mol. The summed E-state index contributed by atoms with van der Waals surface area (Å²) in [6.45, 7) is 12.7. The second-order valence-corrected chi connectivity index (χ2v) is 2.82. The Morgan fingerprint density at radius 2 is 1.07 bits per heavy atom. The van der Waals surface area contributed by atoms with Gasteiger partial charge in [0.25, 0.3) is 0 Å². The second-order valence-electron chi connectivity index (χ2n) is 2.82. The Morgan fingerprint density at radius 3 is 1.27 bits per heavy atom. The van der Waals surface area contributed by atoms with Crippen molar-refractivity contribution in [2.24, 2.45) is 0 Å². The quantitative estimate of drug-likeness (QED) is 0.493. The molecule has 0 bridgehead atoms. The van der Waals surface area contributed by atoms with Crippen LogP contribution in [-0.2, 0) is 4.74 Å². The van der Waals surface area contributed by atoms with Crippen molar-refractivity contribution in [1.82, 2.24) is 0 Å². The van der Waals surface area contributed by atoms with Gasteiger partial charge in [-0.1, -0.05) is 26.3 Å². The zero-order valence-electron chi connectivity index (χ0n) is 8.18. The molecule has 0 aromatic rings. The highest BCUT2D eigenvalue weighted by molar-refractivity contribution is 5.14. The molecule has 0 aromatic carbocycles. The Morgan fingerprint density at radius 1 is 0.800 bits per heavy atom. The molecule has 4 N–H and O–H groups in total. The molecule has 0 aliphatic carbocycles. The SMILES string of the molecule is C=C(O)C(O)C(=C)OC(=C)C(O)C(=C)O. The van der Waals surface area contributed by atoms with Crippen molar-refractivity contribution < 1.29 is 25.2 Å². The first-order valence-corrected chi connectivity index (χ1v) is 3.94. The maximum Gasteiger partial charge on any atom is 0.167 e. The number of hydrogen-bond donors (Lipinski definition) is 4. The summed E-state index contributed by atoms with van der Waals surface area (Å²) in [4.78, 5) is 0. The summed E-state index contributed by atoms with van der Waals surface area (Å²) >= 11 is 0. The molecule has 0 aliphatic heterocycles. The summed E-state index contributed by atoms with van der Waals surface area (Å²) in [7, 11) is 0. The Labute approximate surface area is 87.6 Å². The van der Waals surface area contributed by atoms with E-state index in [9.17, 15) is 10.2 Å². The van der Waals surface area contributed by atoms with Crippen molar-refractivity contribution in [3.05, 3.63) is 49.4 Å². The summed E-state index contributed by atoms with van der Waals surface area (Å²) in [5.74, 6) is -1.64. The fourth-order valence-corrected chi connectivity index (χ4v) is 0.652. The van der Waals surface area contributed by atoms with Crippen molar-refractivity contribution >= 4 is 0 Å². The minimum Gasteiger partial charge on any atom is -0.510 e. The van der Waals surface area contributed by atoms with Gasteiger partial charge in [-0.3, -0.25) is 0 Å². The maximum absolute atomic E-state index is 9.18. The molecule has 0 saturated carbocycles. The summed E-state index contributed by atoms with van der Waals surface area (Å²) in [6, 6.07) is 0. The Hall–Kier alpha value is -1.72. The highest BCUT2D eigenvalue weighted by atomic mass is 16.5. The predicted octanol–water partition coefficient (Wildman–Crippen LogP) is 0.896. The van der Waals surface area contributed by atoms with Crippen molar-refractivity contribution in [2.45, 2.75) is 12.2 Å². The van der Waals surface area contributed by atoms with Gasteiger partial charge in [-0.15, -0.1) is 0 Å². The van der Waals surface area contributed by atoms with Gasteiger partial charge < -0.3 is 25.2 Å². The lowest BCUT2D eigenvalue weighted by molar-refractivity contribution is 0.0845. The van der Waals surface area contributed by atoms with E-state index >= 15 is 0 Å². The molecule has 0 rings (SSSR count). The summed E-state index contributed by atoms with van der Waals surface area (Å²) in [5.41, 5.74) is 0. The fourth-order valence-electron chi connectivity index (χ4n) is 0.652. The molecule has 5 nitrogen and oxygen atoms in total. The summed E-state index contributed by atoms with van der Waals surface area (Å²) in [6.07, 6.45) is -2.97. The van der Waals surface area contributed by atoms with E-state index in [1.165, 1.54) is 0 Å². The lowest BCUT2D eigenvalue weighted by Crippen LogP contribution is -2.19. The molecular weight excluding hydrogens is 200 g/mol. The lowest BCUT2D eigenvalue weighted by Gasteiger charge is -2.17. The zero-order chi connectivity index (χ0) is 12.2. The van der Waals surface area contributed by atoms with Gasteiger partial charge in [-0.2, -0.15) is 0 Å². The number of aliphatic hydroxyl groups is 4. The highest BCUT2D eigenvalue weighted by Crippen LogP contribution is 2.16. The van der Waals surface area contributed by atoms with Crippen molar-refractivity contribution in [3.8, 4) is 0 Å². The standard InChI is InChI=1S/C10H14O5/c1-5(11)9(13)7(3)15-8(4)10(14)6(2)12/h9-14H,1-4H2. The van der Waals surface area contributed by atoms with E-state index in [1.54, 1.807) is 0 Å². The molecule has 2 unspecified atom stereocenters. The first-order valence-electron chi connectivity index (χ1n) is 3.94. The highest BCUT2D eigenvalue weighted by Gasteiger charge is 2.19. The van der Waals surface area contributed by atoms with Gasteiger partial charge in [-0.05, 0) is 0 Å². The van der Waals surface area contributed by atoms with Crippen LogP contribution >= 0.6 is 0 Å². The lowest BCUT2D eigenvalue weighted by atomic mass is 10.2.